The van der Waals surface area contributed by atoms with E-state index in [0.717, 1.165) is 39.1 Å². The number of aromatic nitrogens is 1. The van der Waals surface area contributed by atoms with Crippen molar-refractivity contribution >= 4 is 38.3 Å². The lowest BCUT2D eigenvalue weighted by Gasteiger charge is -2.03. The highest BCUT2D eigenvalue weighted by atomic mass is 35.5. The molecular formula is C12H15ClN2OS. The quantitative estimate of drug-likeness (QED) is 0.885. The monoisotopic (exact) mass is 270 g/mol. The second kappa shape index (κ2) is 5.56. The summed E-state index contributed by atoms with van der Waals surface area (Å²) in [6.07, 6.45) is 1.07. The Kier molecular flexibility index (Phi) is 4.07. The fourth-order valence-corrected chi connectivity index (χ4v) is 2.71. The van der Waals surface area contributed by atoms with Crippen LogP contribution in [0.1, 0.15) is 20.3 Å². The van der Waals surface area contributed by atoms with Crippen molar-refractivity contribution in [3.63, 3.8) is 0 Å². The molecule has 2 aromatic rings. The highest BCUT2D eigenvalue weighted by molar-refractivity contribution is 7.22. The van der Waals surface area contributed by atoms with Crippen LogP contribution in [0.4, 0.5) is 5.13 Å². The van der Waals surface area contributed by atoms with Gasteiger partial charge in [-0.3, -0.25) is 0 Å². The van der Waals surface area contributed by atoms with Crippen LogP contribution in [0.5, 0.6) is 5.75 Å². The number of nitrogens with zero attached hydrogens (tertiary/aromatic N) is 1. The number of nitrogens with one attached hydrogen (secondary N) is 1. The summed E-state index contributed by atoms with van der Waals surface area (Å²) in [5, 5.41) is 4.90. The van der Waals surface area contributed by atoms with E-state index in [2.05, 4.69) is 17.2 Å². The fourth-order valence-electron chi connectivity index (χ4n) is 1.53. The van der Waals surface area contributed by atoms with Crippen molar-refractivity contribution in [3.05, 3.63) is 17.2 Å². The van der Waals surface area contributed by atoms with Crippen molar-refractivity contribution < 1.29 is 4.74 Å². The summed E-state index contributed by atoms with van der Waals surface area (Å²) in [7, 11) is 0. The van der Waals surface area contributed by atoms with Gasteiger partial charge in [0.25, 0.3) is 0 Å². The molecule has 2 rings (SSSR count). The number of hydrogen-bond donors (Lipinski definition) is 1. The van der Waals surface area contributed by atoms with E-state index in [1.807, 2.05) is 19.1 Å². The Morgan fingerprint density at radius 3 is 2.94 bits per heavy atom. The topological polar surface area (TPSA) is 34.2 Å². The summed E-state index contributed by atoms with van der Waals surface area (Å²) >= 11 is 7.73. The van der Waals surface area contributed by atoms with Gasteiger partial charge in [-0.2, -0.15) is 0 Å². The molecule has 5 heteroatoms. The Morgan fingerprint density at radius 1 is 1.41 bits per heavy atom. The minimum atomic E-state index is 0.631. The lowest BCUT2D eigenvalue weighted by atomic mass is 10.3. The van der Waals surface area contributed by atoms with E-state index in [0.29, 0.717) is 6.61 Å². The number of halogens is 1. The lowest BCUT2D eigenvalue weighted by Crippen LogP contribution is -1.98. The summed E-state index contributed by atoms with van der Waals surface area (Å²) in [5.41, 5.74) is 0.850. The van der Waals surface area contributed by atoms with Crippen LogP contribution < -0.4 is 10.1 Å². The van der Waals surface area contributed by atoms with Crippen molar-refractivity contribution in [3.8, 4) is 5.75 Å². The maximum atomic E-state index is 6.16. The molecule has 3 nitrogen and oxygen atoms in total. The van der Waals surface area contributed by atoms with Crippen LogP contribution in [0.2, 0.25) is 5.02 Å². The summed E-state index contributed by atoms with van der Waals surface area (Å²) in [6.45, 7) is 5.63. The standard InChI is InChI=1S/C12H15ClN2OS/c1-3-7-14-12-15-10-9(16-4-2)6-5-8(13)11(10)17-12/h5-6H,3-4,7H2,1-2H3,(H,14,15). The summed E-state index contributed by atoms with van der Waals surface area (Å²) < 4.78 is 6.53. The van der Waals surface area contributed by atoms with E-state index in [1.54, 1.807) is 11.3 Å². The highest BCUT2D eigenvalue weighted by Gasteiger charge is 2.11. The Balaban J connectivity index is 2.42. The zero-order valence-electron chi connectivity index (χ0n) is 9.92. The molecule has 0 aliphatic rings. The van der Waals surface area contributed by atoms with Crippen LogP contribution in [0.25, 0.3) is 10.2 Å². The Morgan fingerprint density at radius 2 is 2.24 bits per heavy atom. The predicted octanol–water partition coefficient (Wildman–Crippen LogP) is 4.17. The molecule has 92 valence electrons. The molecule has 1 heterocycles. The van der Waals surface area contributed by atoms with Gasteiger partial charge in [0.1, 0.15) is 11.3 Å². The zero-order valence-corrected chi connectivity index (χ0v) is 11.5. The van der Waals surface area contributed by atoms with Gasteiger partial charge >= 0.3 is 0 Å². The van der Waals surface area contributed by atoms with Crippen molar-refractivity contribution in [2.75, 3.05) is 18.5 Å². The molecule has 0 saturated heterocycles. The van der Waals surface area contributed by atoms with Gasteiger partial charge in [-0.05, 0) is 25.5 Å². The minimum absolute atomic E-state index is 0.631. The highest BCUT2D eigenvalue weighted by Crippen LogP contribution is 2.37. The Hall–Kier alpha value is -1.000. The SMILES string of the molecule is CCCNc1nc2c(OCC)ccc(Cl)c2s1. The van der Waals surface area contributed by atoms with Gasteiger partial charge in [0.2, 0.25) is 0 Å². The number of fused-ring (bicyclic) bond motifs is 1. The lowest BCUT2D eigenvalue weighted by molar-refractivity contribution is 0.344. The van der Waals surface area contributed by atoms with Gasteiger partial charge in [0, 0.05) is 6.54 Å². The molecule has 0 aliphatic carbocycles. The minimum Gasteiger partial charge on any atom is -0.492 e. The van der Waals surface area contributed by atoms with Crippen LogP contribution >= 0.6 is 22.9 Å². The molecule has 1 aromatic carbocycles. The maximum absolute atomic E-state index is 6.16. The van der Waals surface area contributed by atoms with E-state index < -0.39 is 0 Å². The van der Waals surface area contributed by atoms with Gasteiger partial charge in [-0.1, -0.05) is 29.9 Å². The summed E-state index contributed by atoms with van der Waals surface area (Å²) in [6, 6.07) is 3.73. The van der Waals surface area contributed by atoms with Gasteiger partial charge in [0.15, 0.2) is 5.13 Å². The number of rotatable bonds is 5. The van der Waals surface area contributed by atoms with Gasteiger partial charge < -0.3 is 10.1 Å². The molecule has 0 amide bonds. The van der Waals surface area contributed by atoms with Gasteiger partial charge in [0.05, 0.1) is 16.3 Å². The van der Waals surface area contributed by atoms with E-state index in [-0.39, 0.29) is 0 Å². The largest absolute Gasteiger partial charge is 0.492 e. The summed E-state index contributed by atoms with van der Waals surface area (Å²) in [5.74, 6) is 0.799. The molecule has 17 heavy (non-hydrogen) atoms. The number of benzene rings is 1. The molecule has 1 aromatic heterocycles. The van der Waals surface area contributed by atoms with Gasteiger partial charge in [-0.25, -0.2) is 4.98 Å². The molecule has 0 spiro atoms. The van der Waals surface area contributed by atoms with Crippen molar-refractivity contribution in [2.24, 2.45) is 0 Å². The maximum Gasteiger partial charge on any atom is 0.183 e. The third-order valence-corrected chi connectivity index (χ3v) is 3.76. The number of thiazole rings is 1. The molecule has 0 saturated carbocycles. The van der Waals surface area contributed by atoms with Crippen molar-refractivity contribution in [2.45, 2.75) is 20.3 Å². The third-order valence-electron chi connectivity index (χ3n) is 2.28. The normalized spacial score (nSPS) is 10.8. The van der Waals surface area contributed by atoms with E-state index in [1.165, 1.54) is 0 Å². The third kappa shape index (κ3) is 2.64. The first-order valence-electron chi connectivity index (χ1n) is 5.72. The second-order valence-corrected chi connectivity index (χ2v) is 5.01. The Bertz CT molecular complexity index is 512. The van der Waals surface area contributed by atoms with Crippen LogP contribution in [0.15, 0.2) is 12.1 Å². The van der Waals surface area contributed by atoms with Crippen LogP contribution in [0, 0.1) is 0 Å². The van der Waals surface area contributed by atoms with Crippen LogP contribution in [-0.2, 0) is 0 Å². The average molecular weight is 271 g/mol. The average Bonchev–Trinajstić information content (AvgIpc) is 2.75. The molecule has 0 unspecified atom stereocenters. The zero-order chi connectivity index (χ0) is 12.3. The first kappa shape index (κ1) is 12.5. The van der Waals surface area contributed by atoms with Crippen LogP contribution in [-0.4, -0.2) is 18.1 Å². The Labute approximate surface area is 110 Å². The molecule has 0 aliphatic heterocycles. The fraction of sp³-hybridized carbons (Fsp3) is 0.417. The number of hydrogen-bond acceptors (Lipinski definition) is 4. The molecule has 0 bridgehead atoms. The van der Waals surface area contributed by atoms with E-state index in [4.69, 9.17) is 16.3 Å². The summed E-state index contributed by atoms with van der Waals surface area (Å²) in [4.78, 5) is 4.53. The first-order chi connectivity index (χ1) is 8.26. The number of ether oxygens (including phenoxy) is 1. The number of anilines is 1. The van der Waals surface area contributed by atoms with Crippen molar-refractivity contribution in [1.82, 2.24) is 4.98 Å². The smallest absolute Gasteiger partial charge is 0.183 e. The van der Waals surface area contributed by atoms with E-state index >= 15 is 0 Å². The molecular weight excluding hydrogens is 256 g/mol. The molecule has 0 fully saturated rings. The molecule has 0 radical (unpaired) electrons. The molecule has 0 atom stereocenters. The van der Waals surface area contributed by atoms with Crippen LogP contribution in [0.3, 0.4) is 0 Å². The predicted molar refractivity (Wildman–Crippen MR) is 74.6 cm³/mol. The molecule has 1 N–H and O–H groups in total. The van der Waals surface area contributed by atoms with Gasteiger partial charge in [-0.15, -0.1) is 0 Å². The second-order valence-electron chi connectivity index (χ2n) is 3.60. The van der Waals surface area contributed by atoms with E-state index in [9.17, 15) is 0 Å². The van der Waals surface area contributed by atoms with Crippen molar-refractivity contribution in [1.29, 1.82) is 0 Å². The first-order valence-corrected chi connectivity index (χ1v) is 6.91.